The number of carbonyl (C=O) groups excluding carboxylic acids is 3. The molecule has 3 N–H and O–H groups in total. The van der Waals surface area contributed by atoms with Gasteiger partial charge in [0.25, 0.3) is 5.91 Å². The van der Waals surface area contributed by atoms with Crippen LogP contribution in [0.2, 0.25) is 0 Å². The standard InChI is InChI=1S/C21H18BrF3N4O4/c22-13-3-8-17(16(9-13)21(23,24)25)28-18(30)11-33-15-6-1-12(2-7-15)10-26-29-20(32)19(31)27-14-4-5-14/h1-3,6-10,14H,4-5,11H2,(H,27,31)(H,28,30)(H,29,32)/b26-10-. The minimum absolute atomic E-state index is 0.0587. The van der Waals surface area contributed by atoms with Gasteiger partial charge >= 0.3 is 18.0 Å². The van der Waals surface area contributed by atoms with Gasteiger partial charge in [-0.25, -0.2) is 5.43 Å². The molecule has 0 unspecified atom stereocenters. The van der Waals surface area contributed by atoms with Crippen molar-refractivity contribution in [2.75, 3.05) is 11.9 Å². The van der Waals surface area contributed by atoms with Gasteiger partial charge in [0.2, 0.25) is 0 Å². The largest absolute Gasteiger partial charge is 0.484 e. The summed E-state index contributed by atoms with van der Waals surface area (Å²) < 4.78 is 44.9. The van der Waals surface area contributed by atoms with Crippen LogP contribution in [0.3, 0.4) is 0 Å². The fourth-order valence-electron chi connectivity index (χ4n) is 2.54. The Morgan fingerprint density at radius 3 is 2.42 bits per heavy atom. The first-order chi connectivity index (χ1) is 15.6. The maximum Gasteiger partial charge on any atom is 0.418 e. The van der Waals surface area contributed by atoms with Crippen molar-refractivity contribution in [1.82, 2.24) is 10.7 Å². The Morgan fingerprint density at radius 1 is 1.09 bits per heavy atom. The number of halogens is 4. The fraction of sp³-hybridized carbons (Fsp3) is 0.238. The highest BCUT2D eigenvalue weighted by Gasteiger charge is 2.34. The maximum atomic E-state index is 13.1. The molecule has 33 heavy (non-hydrogen) atoms. The van der Waals surface area contributed by atoms with Crippen LogP contribution in [0.5, 0.6) is 5.75 Å². The summed E-state index contributed by atoms with van der Waals surface area (Å²) >= 11 is 2.98. The van der Waals surface area contributed by atoms with Gasteiger partial charge in [0, 0.05) is 10.5 Å². The zero-order valence-corrected chi connectivity index (χ0v) is 18.5. The quantitative estimate of drug-likeness (QED) is 0.292. The molecule has 8 nitrogen and oxygen atoms in total. The van der Waals surface area contributed by atoms with Crippen molar-refractivity contribution in [3.05, 3.63) is 58.1 Å². The Kier molecular flexibility index (Phi) is 7.69. The van der Waals surface area contributed by atoms with Crippen LogP contribution < -0.4 is 20.8 Å². The molecule has 1 saturated carbocycles. The van der Waals surface area contributed by atoms with Crippen LogP contribution in [0, 0.1) is 0 Å². The van der Waals surface area contributed by atoms with E-state index in [0.717, 1.165) is 25.0 Å². The van der Waals surface area contributed by atoms with Crippen LogP contribution in [-0.2, 0) is 20.6 Å². The van der Waals surface area contributed by atoms with Crippen molar-refractivity contribution < 1.29 is 32.3 Å². The molecular weight excluding hydrogens is 509 g/mol. The van der Waals surface area contributed by atoms with Crippen molar-refractivity contribution in [2.24, 2.45) is 5.10 Å². The first-order valence-corrected chi connectivity index (χ1v) is 10.4. The van der Waals surface area contributed by atoms with E-state index in [0.29, 0.717) is 11.3 Å². The van der Waals surface area contributed by atoms with Gasteiger partial charge in [-0.15, -0.1) is 0 Å². The summed E-state index contributed by atoms with van der Waals surface area (Å²) in [6.45, 7) is -0.507. The summed E-state index contributed by atoms with van der Waals surface area (Å²) in [5, 5.41) is 8.41. The molecule has 0 spiro atoms. The van der Waals surface area contributed by atoms with E-state index in [1.54, 1.807) is 12.1 Å². The predicted octanol–water partition coefficient (Wildman–Crippen LogP) is 3.21. The predicted molar refractivity (Wildman–Crippen MR) is 117 cm³/mol. The summed E-state index contributed by atoms with van der Waals surface area (Å²) in [7, 11) is 0. The highest BCUT2D eigenvalue weighted by Crippen LogP contribution is 2.36. The van der Waals surface area contributed by atoms with Crippen molar-refractivity contribution in [2.45, 2.75) is 25.1 Å². The average Bonchev–Trinajstić information content (AvgIpc) is 3.57. The molecule has 0 atom stereocenters. The Hall–Kier alpha value is -3.41. The van der Waals surface area contributed by atoms with Crippen molar-refractivity contribution in [3.63, 3.8) is 0 Å². The van der Waals surface area contributed by atoms with Gasteiger partial charge in [0.1, 0.15) is 5.75 Å². The number of rotatable bonds is 7. The molecule has 1 aliphatic rings. The number of carbonyl (C=O) groups is 3. The second kappa shape index (κ2) is 10.5. The van der Waals surface area contributed by atoms with Crippen molar-refractivity contribution >= 4 is 45.6 Å². The number of hydrogen-bond acceptors (Lipinski definition) is 5. The molecule has 2 aromatic rings. The normalized spacial score (nSPS) is 13.5. The molecule has 12 heteroatoms. The first-order valence-electron chi connectivity index (χ1n) is 9.65. The average molecular weight is 527 g/mol. The molecule has 0 aromatic heterocycles. The van der Waals surface area contributed by atoms with Gasteiger partial charge in [-0.1, -0.05) is 15.9 Å². The molecule has 0 bridgehead atoms. The number of benzene rings is 2. The Labute approximate surface area is 194 Å². The summed E-state index contributed by atoms with van der Waals surface area (Å²) in [4.78, 5) is 35.1. The molecule has 174 valence electrons. The van der Waals surface area contributed by atoms with Gasteiger partial charge in [-0.05, 0) is 60.9 Å². The van der Waals surface area contributed by atoms with E-state index < -0.39 is 36.1 Å². The van der Waals surface area contributed by atoms with Crippen LogP contribution >= 0.6 is 15.9 Å². The first kappa shape index (κ1) is 24.2. The zero-order valence-electron chi connectivity index (χ0n) is 16.9. The lowest BCUT2D eigenvalue weighted by molar-refractivity contribution is -0.139. The molecule has 0 radical (unpaired) electrons. The van der Waals surface area contributed by atoms with Crippen LogP contribution in [0.4, 0.5) is 18.9 Å². The van der Waals surface area contributed by atoms with Crippen LogP contribution in [-0.4, -0.2) is 36.6 Å². The van der Waals surface area contributed by atoms with Gasteiger partial charge in [0.05, 0.1) is 17.5 Å². The smallest absolute Gasteiger partial charge is 0.418 e. The molecule has 1 aliphatic carbocycles. The van der Waals surface area contributed by atoms with Gasteiger partial charge in [0.15, 0.2) is 6.61 Å². The van der Waals surface area contributed by atoms with E-state index in [9.17, 15) is 27.6 Å². The monoisotopic (exact) mass is 526 g/mol. The second-order valence-electron chi connectivity index (χ2n) is 7.04. The number of amides is 3. The Balaban J connectivity index is 1.48. The highest BCUT2D eigenvalue weighted by atomic mass is 79.9. The molecule has 0 aliphatic heterocycles. The molecule has 3 rings (SSSR count). The number of nitrogens with zero attached hydrogens (tertiary/aromatic N) is 1. The van der Waals surface area contributed by atoms with E-state index in [1.807, 2.05) is 0 Å². The van der Waals surface area contributed by atoms with E-state index in [4.69, 9.17) is 4.74 Å². The number of alkyl halides is 3. The number of hydrazone groups is 1. The minimum Gasteiger partial charge on any atom is -0.484 e. The lowest BCUT2D eigenvalue weighted by Gasteiger charge is -2.14. The van der Waals surface area contributed by atoms with Crippen molar-refractivity contribution in [3.8, 4) is 5.75 Å². The third kappa shape index (κ3) is 7.59. The molecule has 0 saturated heterocycles. The number of nitrogens with one attached hydrogen (secondary N) is 3. The topological polar surface area (TPSA) is 109 Å². The Bertz CT molecular complexity index is 1070. The van der Waals surface area contributed by atoms with Crippen LogP contribution in [0.25, 0.3) is 0 Å². The lowest BCUT2D eigenvalue weighted by Crippen LogP contribution is -2.38. The third-order valence-corrected chi connectivity index (χ3v) is 4.80. The van der Waals surface area contributed by atoms with E-state index in [1.165, 1.54) is 24.4 Å². The van der Waals surface area contributed by atoms with Crippen LogP contribution in [0.15, 0.2) is 52.0 Å². The van der Waals surface area contributed by atoms with Crippen molar-refractivity contribution in [1.29, 1.82) is 0 Å². The van der Waals surface area contributed by atoms with Gasteiger partial charge < -0.3 is 15.4 Å². The molecule has 0 heterocycles. The fourth-order valence-corrected chi connectivity index (χ4v) is 2.90. The number of hydrogen-bond donors (Lipinski definition) is 3. The van der Waals surface area contributed by atoms with E-state index in [-0.39, 0.29) is 16.2 Å². The number of ether oxygens (including phenoxy) is 1. The number of anilines is 1. The molecule has 2 aromatic carbocycles. The summed E-state index contributed by atoms with van der Waals surface area (Å²) in [5.41, 5.74) is 1.32. The van der Waals surface area contributed by atoms with E-state index in [2.05, 4.69) is 37.1 Å². The van der Waals surface area contributed by atoms with Gasteiger partial charge in [-0.3, -0.25) is 14.4 Å². The third-order valence-electron chi connectivity index (χ3n) is 4.31. The molecule has 1 fully saturated rings. The minimum atomic E-state index is -4.63. The molecular formula is C21H18BrF3N4O4. The SMILES string of the molecule is O=C(COc1ccc(/C=N\NC(=O)C(=O)NC2CC2)cc1)Nc1ccc(Br)cc1C(F)(F)F. The van der Waals surface area contributed by atoms with Gasteiger partial charge in [-0.2, -0.15) is 18.3 Å². The molecule has 3 amide bonds. The zero-order chi connectivity index (χ0) is 24.0. The summed E-state index contributed by atoms with van der Waals surface area (Å²) in [6, 6.07) is 9.63. The Morgan fingerprint density at radius 2 is 1.79 bits per heavy atom. The lowest BCUT2D eigenvalue weighted by atomic mass is 10.1. The summed E-state index contributed by atoms with van der Waals surface area (Å²) in [5.74, 6) is -2.09. The van der Waals surface area contributed by atoms with E-state index >= 15 is 0 Å². The van der Waals surface area contributed by atoms with Crippen LogP contribution in [0.1, 0.15) is 24.0 Å². The maximum absolute atomic E-state index is 13.1. The highest BCUT2D eigenvalue weighted by molar-refractivity contribution is 9.10. The second-order valence-corrected chi connectivity index (χ2v) is 7.96. The summed E-state index contributed by atoms with van der Waals surface area (Å²) in [6.07, 6.45) is -1.61.